The van der Waals surface area contributed by atoms with Crippen molar-refractivity contribution in [1.82, 2.24) is 14.8 Å². The molecule has 0 spiro atoms. The smallest absolute Gasteiger partial charge is 0.248 e. The molecule has 16 heavy (non-hydrogen) atoms. The van der Waals surface area contributed by atoms with Crippen molar-refractivity contribution in [2.24, 2.45) is 0 Å². The van der Waals surface area contributed by atoms with Crippen molar-refractivity contribution in [2.45, 2.75) is 12.7 Å². The van der Waals surface area contributed by atoms with E-state index in [1.165, 1.54) is 0 Å². The highest BCUT2D eigenvalue weighted by Gasteiger charge is 2.35. The van der Waals surface area contributed by atoms with Crippen LogP contribution in [0.25, 0.3) is 0 Å². The number of halogens is 3. The first-order chi connectivity index (χ1) is 7.55. The highest BCUT2D eigenvalue weighted by molar-refractivity contribution is 5.14. The summed E-state index contributed by atoms with van der Waals surface area (Å²) in [6.45, 7) is 0.282. The summed E-state index contributed by atoms with van der Waals surface area (Å²) in [4.78, 5) is 3.21. The van der Waals surface area contributed by atoms with Gasteiger partial charge in [-0.1, -0.05) is 30.3 Å². The van der Waals surface area contributed by atoms with Crippen LogP contribution in [0.5, 0.6) is 0 Å². The predicted molar refractivity (Wildman–Crippen MR) is 50.6 cm³/mol. The van der Waals surface area contributed by atoms with Crippen molar-refractivity contribution in [3.05, 3.63) is 48.0 Å². The van der Waals surface area contributed by atoms with Crippen LogP contribution in [0.3, 0.4) is 0 Å². The monoisotopic (exact) mass is 227 g/mol. The lowest BCUT2D eigenvalue weighted by Crippen LogP contribution is -2.09. The zero-order chi connectivity index (χ0) is 11.6. The maximum atomic E-state index is 12.2. The van der Waals surface area contributed by atoms with Gasteiger partial charge in [0.05, 0.1) is 6.54 Å². The van der Waals surface area contributed by atoms with E-state index in [0.717, 1.165) is 16.6 Å². The molecule has 0 atom stereocenters. The highest BCUT2D eigenvalue weighted by atomic mass is 19.4. The van der Waals surface area contributed by atoms with Crippen LogP contribution in [0.4, 0.5) is 13.2 Å². The average Bonchev–Trinajstić information content (AvgIpc) is 2.67. The second-order valence-electron chi connectivity index (χ2n) is 3.25. The zero-order valence-corrected chi connectivity index (χ0v) is 8.15. The molecular formula is C10H8F3N3. The van der Waals surface area contributed by atoms with E-state index < -0.39 is 12.0 Å². The van der Waals surface area contributed by atoms with E-state index >= 15 is 0 Å². The molecule has 0 saturated carbocycles. The third-order valence-corrected chi connectivity index (χ3v) is 1.98. The van der Waals surface area contributed by atoms with Gasteiger partial charge < -0.3 is 0 Å². The summed E-state index contributed by atoms with van der Waals surface area (Å²) < 4.78 is 37.8. The zero-order valence-electron chi connectivity index (χ0n) is 8.15. The Labute approximate surface area is 89.5 Å². The van der Waals surface area contributed by atoms with E-state index in [0.29, 0.717) is 0 Å². The first-order valence-corrected chi connectivity index (χ1v) is 4.56. The fourth-order valence-electron chi connectivity index (χ4n) is 1.27. The third kappa shape index (κ3) is 2.39. The second kappa shape index (κ2) is 3.96. The van der Waals surface area contributed by atoms with Crippen LogP contribution in [0, 0.1) is 0 Å². The summed E-state index contributed by atoms with van der Waals surface area (Å²) in [6.07, 6.45) is -3.40. The summed E-state index contributed by atoms with van der Waals surface area (Å²) in [5.41, 5.74) is 0.876. The Kier molecular flexibility index (Phi) is 2.64. The van der Waals surface area contributed by atoms with Gasteiger partial charge in [0, 0.05) is 0 Å². The van der Waals surface area contributed by atoms with Gasteiger partial charge in [-0.3, -0.25) is 0 Å². The summed E-state index contributed by atoms with van der Waals surface area (Å²) in [7, 11) is 0. The van der Waals surface area contributed by atoms with Crippen LogP contribution in [0.1, 0.15) is 11.4 Å². The topological polar surface area (TPSA) is 30.7 Å². The molecule has 3 nitrogen and oxygen atoms in total. The van der Waals surface area contributed by atoms with Gasteiger partial charge in [-0.25, -0.2) is 9.67 Å². The molecule has 0 bridgehead atoms. The van der Waals surface area contributed by atoms with Crippen LogP contribution in [0.2, 0.25) is 0 Å². The Balaban J connectivity index is 2.15. The minimum atomic E-state index is -4.48. The molecule has 2 aromatic rings. The standard InChI is InChI=1S/C10H8F3N3/c11-10(12,13)9-14-7-16(15-9)6-8-4-2-1-3-5-8/h1-5,7H,6H2. The summed E-state index contributed by atoms with van der Waals surface area (Å²) in [6, 6.07) is 9.10. The summed E-state index contributed by atoms with van der Waals surface area (Å²) in [5.74, 6) is -1.11. The first kappa shape index (κ1) is 10.7. The van der Waals surface area contributed by atoms with E-state index in [1.807, 2.05) is 30.3 Å². The largest absolute Gasteiger partial charge is 0.453 e. The summed E-state index contributed by atoms with van der Waals surface area (Å²) >= 11 is 0. The molecule has 0 aliphatic rings. The van der Waals surface area contributed by atoms with Gasteiger partial charge in [-0.05, 0) is 5.56 Å². The number of alkyl halides is 3. The maximum Gasteiger partial charge on any atom is 0.453 e. The van der Waals surface area contributed by atoms with E-state index in [9.17, 15) is 13.2 Å². The Morgan fingerprint density at radius 3 is 2.38 bits per heavy atom. The second-order valence-corrected chi connectivity index (χ2v) is 3.25. The van der Waals surface area contributed by atoms with Gasteiger partial charge in [-0.15, -0.1) is 5.10 Å². The summed E-state index contributed by atoms with van der Waals surface area (Å²) in [5, 5.41) is 3.36. The molecule has 0 fully saturated rings. The van der Waals surface area contributed by atoms with Gasteiger partial charge in [0.25, 0.3) is 5.82 Å². The minimum Gasteiger partial charge on any atom is -0.248 e. The number of hydrogen-bond acceptors (Lipinski definition) is 2. The quantitative estimate of drug-likeness (QED) is 0.788. The van der Waals surface area contributed by atoms with Crippen molar-refractivity contribution < 1.29 is 13.2 Å². The molecule has 1 aromatic heterocycles. The lowest BCUT2D eigenvalue weighted by atomic mass is 10.2. The number of hydrogen-bond donors (Lipinski definition) is 0. The molecule has 84 valence electrons. The highest BCUT2D eigenvalue weighted by Crippen LogP contribution is 2.25. The van der Waals surface area contributed by atoms with Gasteiger partial charge in [0.1, 0.15) is 6.33 Å². The van der Waals surface area contributed by atoms with Crippen LogP contribution in [-0.4, -0.2) is 14.8 Å². The van der Waals surface area contributed by atoms with Crippen molar-refractivity contribution in [1.29, 1.82) is 0 Å². The fraction of sp³-hybridized carbons (Fsp3) is 0.200. The van der Waals surface area contributed by atoms with Crippen LogP contribution >= 0.6 is 0 Å². The average molecular weight is 227 g/mol. The van der Waals surface area contributed by atoms with E-state index in [-0.39, 0.29) is 6.54 Å². The Morgan fingerprint density at radius 1 is 1.12 bits per heavy atom. The molecular weight excluding hydrogens is 219 g/mol. The van der Waals surface area contributed by atoms with Crippen LogP contribution < -0.4 is 0 Å². The molecule has 1 aromatic carbocycles. The Bertz CT molecular complexity index is 462. The number of rotatable bonds is 2. The van der Waals surface area contributed by atoms with Crippen LogP contribution in [0.15, 0.2) is 36.7 Å². The molecule has 2 rings (SSSR count). The van der Waals surface area contributed by atoms with E-state index in [2.05, 4.69) is 10.1 Å². The minimum absolute atomic E-state index is 0.282. The molecule has 1 heterocycles. The van der Waals surface area contributed by atoms with Gasteiger partial charge in [0.15, 0.2) is 0 Å². The molecule has 0 N–H and O–H groups in total. The van der Waals surface area contributed by atoms with E-state index in [1.54, 1.807) is 0 Å². The number of benzene rings is 1. The van der Waals surface area contributed by atoms with Crippen molar-refractivity contribution in [3.8, 4) is 0 Å². The van der Waals surface area contributed by atoms with Crippen molar-refractivity contribution in [2.75, 3.05) is 0 Å². The molecule has 0 aliphatic carbocycles. The molecule has 0 unspecified atom stereocenters. The molecule has 6 heteroatoms. The first-order valence-electron chi connectivity index (χ1n) is 4.56. The molecule has 0 saturated heterocycles. The number of aromatic nitrogens is 3. The normalized spacial score (nSPS) is 11.7. The van der Waals surface area contributed by atoms with E-state index in [4.69, 9.17) is 0 Å². The van der Waals surface area contributed by atoms with Gasteiger partial charge >= 0.3 is 6.18 Å². The van der Waals surface area contributed by atoms with Gasteiger partial charge in [0.2, 0.25) is 0 Å². The Hall–Kier alpha value is -1.85. The van der Waals surface area contributed by atoms with Crippen LogP contribution in [-0.2, 0) is 12.7 Å². The fourth-order valence-corrected chi connectivity index (χ4v) is 1.27. The van der Waals surface area contributed by atoms with Gasteiger partial charge in [-0.2, -0.15) is 13.2 Å². The lowest BCUT2D eigenvalue weighted by molar-refractivity contribution is -0.145. The third-order valence-electron chi connectivity index (χ3n) is 1.98. The maximum absolute atomic E-state index is 12.2. The molecule has 0 radical (unpaired) electrons. The Morgan fingerprint density at radius 2 is 1.81 bits per heavy atom. The predicted octanol–water partition coefficient (Wildman–Crippen LogP) is 2.35. The molecule has 0 aliphatic heterocycles. The van der Waals surface area contributed by atoms with Crippen molar-refractivity contribution >= 4 is 0 Å². The number of nitrogens with zero attached hydrogens (tertiary/aromatic N) is 3. The SMILES string of the molecule is FC(F)(F)c1ncn(Cc2ccccc2)n1. The lowest BCUT2D eigenvalue weighted by Gasteiger charge is -2.01. The molecule has 0 amide bonds. The van der Waals surface area contributed by atoms with Crippen molar-refractivity contribution in [3.63, 3.8) is 0 Å².